The highest BCUT2D eigenvalue weighted by Gasteiger charge is 2.38. The highest BCUT2D eigenvalue weighted by Crippen LogP contribution is 2.39. The van der Waals surface area contributed by atoms with Gasteiger partial charge in [0, 0.05) is 6.54 Å². The zero-order valence-electron chi connectivity index (χ0n) is 15.8. The molecule has 1 N–H and O–H groups in total. The van der Waals surface area contributed by atoms with Gasteiger partial charge in [0.25, 0.3) is 0 Å². The molecule has 0 unspecified atom stereocenters. The average molecular weight is 408 g/mol. The first-order chi connectivity index (χ1) is 14.0. The minimum absolute atomic E-state index is 0.216. The van der Waals surface area contributed by atoms with Gasteiger partial charge in [-0.25, -0.2) is 13.2 Å². The zero-order chi connectivity index (χ0) is 20.4. The molecule has 7 heteroatoms. The van der Waals surface area contributed by atoms with Gasteiger partial charge in [-0.1, -0.05) is 54.6 Å². The summed E-state index contributed by atoms with van der Waals surface area (Å²) in [5.41, 5.74) is 2.57. The Balaban J connectivity index is 1.78. The number of ether oxygens (including phenoxy) is 1. The molecule has 0 aromatic heterocycles. The largest absolute Gasteiger partial charge is 0.465 e. The van der Waals surface area contributed by atoms with Crippen LogP contribution in [0.2, 0.25) is 0 Å². The lowest BCUT2D eigenvalue weighted by Crippen LogP contribution is -2.42. The Morgan fingerprint density at radius 1 is 0.966 bits per heavy atom. The van der Waals surface area contributed by atoms with Gasteiger partial charge >= 0.3 is 5.97 Å². The lowest BCUT2D eigenvalue weighted by molar-refractivity contribution is 0.0600. The summed E-state index contributed by atoms with van der Waals surface area (Å²) in [6.45, 7) is 0.216. The van der Waals surface area contributed by atoms with Crippen molar-refractivity contribution in [1.29, 1.82) is 0 Å². The lowest BCUT2D eigenvalue weighted by atomic mass is 10.1. The maximum absolute atomic E-state index is 13.4. The van der Waals surface area contributed by atoms with E-state index in [1.165, 1.54) is 11.4 Å². The Kier molecular flexibility index (Phi) is 5.08. The predicted octanol–water partition coefficient (Wildman–Crippen LogP) is 3.79. The number of nitrogens with one attached hydrogen (secondary N) is 1. The molecule has 1 atom stereocenters. The van der Waals surface area contributed by atoms with Crippen LogP contribution >= 0.6 is 0 Å². The van der Waals surface area contributed by atoms with Crippen molar-refractivity contribution >= 4 is 21.7 Å². The van der Waals surface area contributed by atoms with Gasteiger partial charge < -0.3 is 10.1 Å². The number of esters is 1. The molecule has 0 spiro atoms. The van der Waals surface area contributed by atoms with Crippen LogP contribution in [0.3, 0.4) is 0 Å². The number of para-hydroxylation sites is 1. The highest BCUT2D eigenvalue weighted by molar-refractivity contribution is 7.89. The van der Waals surface area contributed by atoms with Gasteiger partial charge in [-0.05, 0) is 35.4 Å². The molecule has 3 aromatic rings. The quantitative estimate of drug-likeness (QED) is 0.665. The van der Waals surface area contributed by atoms with E-state index >= 15 is 0 Å². The topological polar surface area (TPSA) is 75.7 Å². The standard InChI is InChI=1S/C22H20N2O4S/c1-28-22(25)18-13-11-17(12-14-18)21-23-19-9-5-6-10-20(19)29(26,27)24(21)15-16-7-3-2-4-8-16/h2-14,21,23H,15H2,1H3/t21-/m0/s1. The monoisotopic (exact) mass is 408 g/mol. The smallest absolute Gasteiger partial charge is 0.337 e. The Bertz CT molecular complexity index is 1130. The van der Waals surface area contributed by atoms with E-state index in [0.29, 0.717) is 11.3 Å². The molecule has 0 saturated carbocycles. The third kappa shape index (κ3) is 3.62. The summed E-state index contributed by atoms with van der Waals surface area (Å²) in [5.74, 6) is -0.438. The third-order valence-corrected chi connectivity index (χ3v) is 6.75. The Morgan fingerprint density at radius 3 is 2.31 bits per heavy atom. The number of carbonyl (C=O) groups excluding carboxylic acids is 1. The van der Waals surface area contributed by atoms with Crippen molar-refractivity contribution in [3.8, 4) is 0 Å². The molecule has 1 heterocycles. The van der Waals surface area contributed by atoms with E-state index in [1.54, 1.807) is 48.5 Å². The number of benzene rings is 3. The summed E-state index contributed by atoms with van der Waals surface area (Å²) in [5, 5.41) is 3.33. The van der Waals surface area contributed by atoms with Crippen molar-refractivity contribution in [3.05, 3.63) is 95.6 Å². The molecule has 0 aliphatic carbocycles. The summed E-state index contributed by atoms with van der Waals surface area (Å²) in [6, 6.07) is 23.1. The number of carbonyl (C=O) groups is 1. The summed E-state index contributed by atoms with van der Waals surface area (Å²) < 4.78 is 33.0. The third-order valence-electron chi connectivity index (χ3n) is 4.88. The Hall–Kier alpha value is -3.16. The molecule has 0 saturated heterocycles. The summed E-state index contributed by atoms with van der Waals surface area (Å²) >= 11 is 0. The van der Waals surface area contributed by atoms with Gasteiger partial charge in [0.1, 0.15) is 11.1 Å². The fourth-order valence-electron chi connectivity index (χ4n) is 3.40. The number of methoxy groups -OCH3 is 1. The number of hydrogen-bond acceptors (Lipinski definition) is 5. The van der Waals surface area contributed by atoms with Crippen LogP contribution in [0, 0.1) is 0 Å². The van der Waals surface area contributed by atoms with Crippen molar-refractivity contribution < 1.29 is 17.9 Å². The van der Waals surface area contributed by atoms with E-state index < -0.39 is 22.2 Å². The van der Waals surface area contributed by atoms with Crippen molar-refractivity contribution in [3.63, 3.8) is 0 Å². The fraction of sp³-hybridized carbons (Fsp3) is 0.136. The lowest BCUT2D eigenvalue weighted by Gasteiger charge is -2.37. The average Bonchev–Trinajstić information content (AvgIpc) is 2.76. The van der Waals surface area contributed by atoms with Crippen molar-refractivity contribution in [2.24, 2.45) is 0 Å². The van der Waals surface area contributed by atoms with E-state index in [4.69, 9.17) is 4.74 Å². The maximum atomic E-state index is 13.4. The minimum Gasteiger partial charge on any atom is -0.465 e. The zero-order valence-corrected chi connectivity index (χ0v) is 16.6. The van der Waals surface area contributed by atoms with Crippen molar-refractivity contribution in [2.75, 3.05) is 12.4 Å². The first-order valence-corrected chi connectivity index (χ1v) is 10.5. The number of sulfonamides is 1. The molecule has 148 valence electrons. The van der Waals surface area contributed by atoms with Gasteiger partial charge in [0.05, 0.1) is 18.4 Å². The van der Waals surface area contributed by atoms with Crippen LogP contribution in [0.15, 0.2) is 83.8 Å². The van der Waals surface area contributed by atoms with Crippen LogP contribution in [0.4, 0.5) is 5.69 Å². The molecular weight excluding hydrogens is 388 g/mol. The van der Waals surface area contributed by atoms with E-state index in [2.05, 4.69) is 5.32 Å². The summed E-state index contributed by atoms with van der Waals surface area (Å²) in [4.78, 5) is 12.0. The molecule has 0 fully saturated rings. The minimum atomic E-state index is -3.73. The predicted molar refractivity (Wildman–Crippen MR) is 110 cm³/mol. The van der Waals surface area contributed by atoms with Crippen LogP contribution in [0.5, 0.6) is 0 Å². The second kappa shape index (κ2) is 7.69. The van der Waals surface area contributed by atoms with E-state index in [1.807, 2.05) is 30.3 Å². The highest BCUT2D eigenvalue weighted by atomic mass is 32.2. The Morgan fingerprint density at radius 2 is 1.62 bits per heavy atom. The molecule has 0 bridgehead atoms. The molecule has 1 aliphatic heterocycles. The number of hydrogen-bond donors (Lipinski definition) is 1. The van der Waals surface area contributed by atoms with Crippen LogP contribution in [-0.4, -0.2) is 25.8 Å². The summed E-state index contributed by atoms with van der Waals surface area (Å²) in [7, 11) is -2.41. The molecule has 0 amide bonds. The SMILES string of the molecule is COC(=O)c1ccc([C@H]2Nc3ccccc3S(=O)(=O)N2Cc2ccccc2)cc1. The van der Waals surface area contributed by atoms with E-state index in [-0.39, 0.29) is 11.4 Å². The number of anilines is 1. The molecule has 4 rings (SSSR count). The molecule has 6 nitrogen and oxygen atoms in total. The van der Waals surface area contributed by atoms with Crippen LogP contribution in [-0.2, 0) is 21.3 Å². The van der Waals surface area contributed by atoms with Crippen LogP contribution < -0.4 is 5.32 Å². The van der Waals surface area contributed by atoms with Crippen LogP contribution in [0.1, 0.15) is 27.7 Å². The normalized spacial score (nSPS) is 17.8. The number of fused-ring (bicyclic) bond motifs is 1. The van der Waals surface area contributed by atoms with Gasteiger partial charge in [-0.3, -0.25) is 0 Å². The molecule has 29 heavy (non-hydrogen) atoms. The van der Waals surface area contributed by atoms with Crippen molar-refractivity contribution in [1.82, 2.24) is 4.31 Å². The van der Waals surface area contributed by atoms with Gasteiger partial charge in [0.15, 0.2) is 0 Å². The van der Waals surface area contributed by atoms with Gasteiger partial charge in [-0.2, -0.15) is 4.31 Å². The van der Waals surface area contributed by atoms with E-state index in [0.717, 1.165) is 11.1 Å². The van der Waals surface area contributed by atoms with Crippen LogP contribution in [0.25, 0.3) is 0 Å². The first kappa shape index (κ1) is 19.2. The summed E-state index contributed by atoms with van der Waals surface area (Å²) in [6.07, 6.45) is -0.609. The maximum Gasteiger partial charge on any atom is 0.337 e. The molecular formula is C22H20N2O4S. The Labute approximate surface area is 169 Å². The second-order valence-electron chi connectivity index (χ2n) is 6.69. The van der Waals surface area contributed by atoms with Gasteiger partial charge in [0.2, 0.25) is 10.0 Å². The van der Waals surface area contributed by atoms with Crippen molar-refractivity contribution in [2.45, 2.75) is 17.6 Å². The molecule has 3 aromatic carbocycles. The first-order valence-electron chi connectivity index (χ1n) is 9.10. The molecule has 1 aliphatic rings. The molecule has 0 radical (unpaired) electrons. The number of nitrogens with zero attached hydrogens (tertiary/aromatic N) is 1. The second-order valence-corrected chi connectivity index (χ2v) is 8.55. The van der Waals surface area contributed by atoms with E-state index in [9.17, 15) is 13.2 Å². The number of rotatable bonds is 4. The fourth-order valence-corrected chi connectivity index (χ4v) is 5.08. The van der Waals surface area contributed by atoms with Gasteiger partial charge in [-0.15, -0.1) is 0 Å².